The van der Waals surface area contributed by atoms with Gasteiger partial charge < -0.3 is 9.52 Å². The van der Waals surface area contributed by atoms with Gasteiger partial charge in [0.2, 0.25) is 5.89 Å². The van der Waals surface area contributed by atoms with E-state index in [1.807, 2.05) is 0 Å². The molecule has 5 nitrogen and oxygen atoms in total. The summed E-state index contributed by atoms with van der Waals surface area (Å²) in [5.41, 5.74) is 0. The molecule has 1 rings (SSSR count). The van der Waals surface area contributed by atoms with E-state index in [0.29, 0.717) is 0 Å². The number of carboxylic acids is 1. The van der Waals surface area contributed by atoms with Crippen molar-refractivity contribution >= 4 is 21.9 Å². The molecule has 0 saturated heterocycles. The smallest absolute Gasteiger partial charge is 0.312 e. The largest absolute Gasteiger partial charge is 0.481 e. The number of aromatic nitrogens is 2. The van der Waals surface area contributed by atoms with Crippen LogP contribution in [0.2, 0.25) is 0 Å². The van der Waals surface area contributed by atoms with Gasteiger partial charge in [0, 0.05) is 15.9 Å². The maximum atomic E-state index is 10.0. The molecule has 0 spiro atoms. The fraction of sp³-hybridized carbons (Fsp3) is 0.250. The Morgan fingerprint density at radius 1 is 1.70 bits per heavy atom. The molecule has 10 heavy (non-hydrogen) atoms. The summed E-state index contributed by atoms with van der Waals surface area (Å²) in [6.07, 6.45) is -0.238. The molecule has 6 heteroatoms. The number of aliphatic carboxylic acids is 1. The molecule has 0 bridgehead atoms. The molecular formula is C4H3BrN2O3. The molecule has 0 aliphatic carbocycles. The molecule has 1 heterocycles. The van der Waals surface area contributed by atoms with Gasteiger partial charge in [0.05, 0.1) is 0 Å². The molecule has 0 aliphatic heterocycles. The van der Waals surface area contributed by atoms with Crippen LogP contribution in [0.15, 0.2) is 9.22 Å². The number of hydrogen-bond acceptors (Lipinski definition) is 4. The molecule has 1 N–H and O–H groups in total. The molecule has 0 unspecified atom stereocenters. The van der Waals surface area contributed by atoms with Crippen molar-refractivity contribution in [2.24, 2.45) is 0 Å². The maximum Gasteiger partial charge on any atom is 0.312 e. The van der Waals surface area contributed by atoms with Crippen LogP contribution in [0.4, 0.5) is 0 Å². The third kappa shape index (κ3) is 1.80. The molecule has 0 aromatic carbocycles. The van der Waals surface area contributed by atoms with E-state index < -0.39 is 5.97 Å². The molecule has 0 aliphatic rings. The second-order valence-electron chi connectivity index (χ2n) is 1.52. The van der Waals surface area contributed by atoms with Gasteiger partial charge >= 0.3 is 5.97 Å². The van der Waals surface area contributed by atoms with Crippen LogP contribution in [0.5, 0.6) is 0 Å². The van der Waals surface area contributed by atoms with Gasteiger partial charge in [-0.1, -0.05) is 0 Å². The first-order chi connectivity index (χ1) is 4.68. The van der Waals surface area contributed by atoms with E-state index in [1.165, 1.54) is 0 Å². The van der Waals surface area contributed by atoms with Gasteiger partial charge in [0.15, 0.2) is 0 Å². The van der Waals surface area contributed by atoms with Crippen molar-refractivity contribution in [1.82, 2.24) is 10.2 Å². The van der Waals surface area contributed by atoms with Crippen LogP contribution in [-0.4, -0.2) is 21.3 Å². The normalized spacial score (nSPS) is 9.70. The molecule has 0 atom stereocenters. The fourth-order valence-electron chi connectivity index (χ4n) is 0.434. The maximum absolute atomic E-state index is 10.0. The average Bonchev–Trinajstić information content (AvgIpc) is 2.13. The Bertz CT molecular complexity index is 246. The van der Waals surface area contributed by atoms with Gasteiger partial charge in [-0.3, -0.25) is 4.79 Å². The minimum atomic E-state index is -0.990. The van der Waals surface area contributed by atoms with Crippen molar-refractivity contribution in [3.05, 3.63) is 10.7 Å². The summed E-state index contributed by atoms with van der Waals surface area (Å²) in [7, 11) is 0. The number of nitrogens with zero attached hydrogens (tertiary/aromatic N) is 2. The summed E-state index contributed by atoms with van der Waals surface area (Å²) in [5.74, 6) is -0.893. The quantitative estimate of drug-likeness (QED) is 0.762. The summed E-state index contributed by atoms with van der Waals surface area (Å²) < 4.78 is 4.71. The molecular weight excluding hydrogens is 204 g/mol. The zero-order valence-electron chi connectivity index (χ0n) is 4.74. The Balaban J connectivity index is 2.67. The molecule has 0 fully saturated rings. The van der Waals surface area contributed by atoms with Gasteiger partial charge in [-0.25, -0.2) is 0 Å². The van der Waals surface area contributed by atoms with Crippen molar-refractivity contribution in [3.63, 3.8) is 0 Å². The zero-order chi connectivity index (χ0) is 7.56. The van der Waals surface area contributed by atoms with Crippen LogP contribution in [0.1, 0.15) is 5.89 Å². The molecule has 1 aromatic rings. The molecule has 0 amide bonds. The van der Waals surface area contributed by atoms with E-state index in [9.17, 15) is 4.79 Å². The van der Waals surface area contributed by atoms with Crippen LogP contribution >= 0.6 is 15.9 Å². The third-order valence-corrected chi connectivity index (χ3v) is 1.07. The monoisotopic (exact) mass is 206 g/mol. The second kappa shape index (κ2) is 2.78. The first-order valence-corrected chi connectivity index (χ1v) is 3.17. The highest BCUT2D eigenvalue weighted by Crippen LogP contribution is 2.06. The predicted molar refractivity (Wildman–Crippen MR) is 33.3 cm³/mol. The second-order valence-corrected chi connectivity index (χ2v) is 2.20. The Morgan fingerprint density at radius 3 is 2.80 bits per heavy atom. The van der Waals surface area contributed by atoms with Gasteiger partial charge in [-0.15, -0.1) is 10.2 Å². The first-order valence-electron chi connectivity index (χ1n) is 2.38. The Hall–Kier alpha value is -0.910. The fourth-order valence-corrected chi connectivity index (χ4v) is 0.700. The highest BCUT2D eigenvalue weighted by molar-refractivity contribution is 9.10. The number of rotatable bonds is 2. The zero-order valence-corrected chi connectivity index (χ0v) is 6.33. The van der Waals surface area contributed by atoms with E-state index in [4.69, 9.17) is 9.52 Å². The lowest BCUT2D eigenvalue weighted by molar-refractivity contribution is -0.136. The summed E-state index contributed by atoms with van der Waals surface area (Å²) in [6.45, 7) is 0. The SMILES string of the molecule is O=C(O)Cc1nnc(Br)o1. The van der Waals surface area contributed by atoms with Gasteiger partial charge in [0.1, 0.15) is 6.42 Å². The summed E-state index contributed by atoms with van der Waals surface area (Å²) in [5, 5.41) is 15.1. The molecule has 0 radical (unpaired) electrons. The van der Waals surface area contributed by atoms with Crippen molar-refractivity contribution in [3.8, 4) is 0 Å². The van der Waals surface area contributed by atoms with E-state index in [-0.39, 0.29) is 17.1 Å². The topological polar surface area (TPSA) is 76.2 Å². The van der Waals surface area contributed by atoms with Crippen molar-refractivity contribution in [2.75, 3.05) is 0 Å². The predicted octanol–water partition coefficient (Wildman–Crippen LogP) is 0.459. The number of carboxylic acid groups (broad SMARTS) is 1. The van der Waals surface area contributed by atoms with E-state index >= 15 is 0 Å². The minimum absolute atomic E-state index is 0.0966. The van der Waals surface area contributed by atoms with E-state index in [0.717, 1.165) is 0 Å². The number of hydrogen-bond donors (Lipinski definition) is 1. The number of carbonyl (C=O) groups is 1. The highest BCUT2D eigenvalue weighted by Gasteiger charge is 2.06. The average molecular weight is 207 g/mol. The highest BCUT2D eigenvalue weighted by atomic mass is 79.9. The molecule has 54 valence electrons. The lowest BCUT2D eigenvalue weighted by Gasteiger charge is -1.82. The van der Waals surface area contributed by atoms with Crippen LogP contribution in [0.3, 0.4) is 0 Å². The minimum Gasteiger partial charge on any atom is -0.481 e. The van der Waals surface area contributed by atoms with Crippen LogP contribution in [-0.2, 0) is 11.2 Å². The van der Waals surface area contributed by atoms with E-state index in [2.05, 4.69) is 26.1 Å². The molecule has 1 aromatic heterocycles. The summed E-state index contributed by atoms with van der Waals surface area (Å²) in [4.78, 5) is 10.2. The standard InChI is InChI=1S/C4H3BrN2O3/c5-4-7-6-2(10-4)1-3(8)9/h1H2,(H,8,9). The number of halogens is 1. The van der Waals surface area contributed by atoms with Gasteiger partial charge in [-0.2, -0.15) is 0 Å². The Kier molecular flexibility index (Phi) is 2.00. The van der Waals surface area contributed by atoms with Gasteiger partial charge in [-0.05, 0) is 0 Å². The summed E-state index contributed by atoms with van der Waals surface area (Å²) in [6, 6.07) is 0. The Morgan fingerprint density at radius 2 is 2.40 bits per heavy atom. The summed E-state index contributed by atoms with van der Waals surface area (Å²) >= 11 is 2.89. The van der Waals surface area contributed by atoms with Crippen LogP contribution < -0.4 is 0 Å². The van der Waals surface area contributed by atoms with Crippen molar-refractivity contribution in [2.45, 2.75) is 6.42 Å². The lowest BCUT2D eigenvalue weighted by atomic mass is 10.4. The lowest BCUT2D eigenvalue weighted by Crippen LogP contribution is -1.99. The van der Waals surface area contributed by atoms with Crippen LogP contribution in [0, 0.1) is 0 Å². The van der Waals surface area contributed by atoms with Crippen molar-refractivity contribution in [1.29, 1.82) is 0 Å². The third-order valence-electron chi connectivity index (χ3n) is 0.745. The first kappa shape index (κ1) is 7.20. The molecule has 0 saturated carbocycles. The van der Waals surface area contributed by atoms with Gasteiger partial charge in [0.25, 0.3) is 4.80 Å². The van der Waals surface area contributed by atoms with Crippen LogP contribution in [0.25, 0.3) is 0 Å². The van der Waals surface area contributed by atoms with E-state index in [1.54, 1.807) is 0 Å². The van der Waals surface area contributed by atoms with Crippen molar-refractivity contribution < 1.29 is 14.3 Å². The Labute approximate surface area is 64.2 Å².